The molecule has 1 N–H and O–H groups in total. The zero-order valence-corrected chi connectivity index (χ0v) is 16.1. The summed E-state index contributed by atoms with van der Waals surface area (Å²) in [7, 11) is 2.04. The third-order valence-corrected chi connectivity index (χ3v) is 4.88. The lowest BCUT2D eigenvalue weighted by molar-refractivity contribution is -0.126. The molecule has 0 saturated heterocycles. The Hall–Kier alpha value is -2.64. The van der Waals surface area contributed by atoms with Gasteiger partial charge in [0.05, 0.1) is 11.5 Å². The summed E-state index contributed by atoms with van der Waals surface area (Å²) < 4.78 is 10.7. The molecule has 2 aromatic heterocycles. The maximum Gasteiger partial charge on any atom is 0.246 e. The van der Waals surface area contributed by atoms with E-state index in [9.17, 15) is 4.79 Å². The van der Waals surface area contributed by atoms with Gasteiger partial charge in [0.25, 0.3) is 0 Å². The summed E-state index contributed by atoms with van der Waals surface area (Å²) in [5.74, 6) is 0.593. The second kappa shape index (κ2) is 9.89. The number of carbonyl (C=O) groups excluding carboxylic acids is 1. The lowest BCUT2D eigenvalue weighted by atomic mass is 10.3. The minimum atomic E-state index is -0.126. The van der Waals surface area contributed by atoms with Crippen molar-refractivity contribution >= 4 is 22.9 Å². The van der Waals surface area contributed by atoms with Crippen molar-refractivity contribution in [2.24, 2.45) is 0 Å². The van der Waals surface area contributed by atoms with Crippen LogP contribution in [0.1, 0.15) is 12.1 Å². The molecule has 3 rings (SSSR count). The molecule has 0 bridgehead atoms. The van der Waals surface area contributed by atoms with Gasteiger partial charge in [-0.15, -0.1) is 11.3 Å². The first-order chi connectivity index (χ1) is 13.2. The predicted molar refractivity (Wildman–Crippen MR) is 107 cm³/mol. The van der Waals surface area contributed by atoms with Crippen LogP contribution in [0, 0.1) is 0 Å². The van der Waals surface area contributed by atoms with Gasteiger partial charge in [-0.2, -0.15) is 0 Å². The molecule has 0 spiro atoms. The van der Waals surface area contributed by atoms with E-state index in [-0.39, 0.29) is 19.1 Å². The molecule has 0 aliphatic rings. The number of hydrogen-bond donors (Lipinski definition) is 1. The highest BCUT2D eigenvalue weighted by Crippen LogP contribution is 2.25. The quantitative estimate of drug-likeness (QED) is 0.541. The van der Waals surface area contributed by atoms with E-state index in [1.54, 1.807) is 11.3 Å². The molecule has 0 unspecified atom stereocenters. The van der Waals surface area contributed by atoms with E-state index in [4.69, 9.17) is 9.26 Å². The first-order valence-corrected chi connectivity index (χ1v) is 9.70. The number of anilines is 1. The standard InChI is InChI=1S/C20H23N3O3S/c1-23(17-7-3-2-4-8-17)11-6-10-21-20(24)15-25-14-16-13-18(26-22-16)19-9-5-12-27-19/h2-5,7-9,12-13H,6,10-11,14-15H2,1H3,(H,21,24). The first-order valence-electron chi connectivity index (χ1n) is 8.82. The Balaban J connectivity index is 1.29. The number of nitrogens with one attached hydrogen (secondary N) is 1. The average molecular weight is 385 g/mol. The Morgan fingerprint density at radius 2 is 2.11 bits per heavy atom. The number of thiophene rings is 1. The number of ether oxygens (including phenoxy) is 1. The number of rotatable bonds is 10. The lowest BCUT2D eigenvalue weighted by Crippen LogP contribution is -2.30. The van der Waals surface area contributed by atoms with Crippen LogP contribution in [0.3, 0.4) is 0 Å². The molecular weight excluding hydrogens is 362 g/mol. The van der Waals surface area contributed by atoms with Crippen molar-refractivity contribution in [1.29, 1.82) is 0 Å². The van der Waals surface area contributed by atoms with E-state index >= 15 is 0 Å². The molecule has 6 nitrogen and oxygen atoms in total. The van der Waals surface area contributed by atoms with Gasteiger partial charge in [0.1, 0.15) is 12.3 Å². The molecule has 1 aromatic carbocycles. The van der Waals surface area contributed by atoms with E-state index in [1.807, 2.05) is 48.8 Å². The number of para-hydroxylation sites is 1. The summed E-state index contributed by atoms with van der Waals surface area (Å²) in [6, 6.07) is 15.9. The largest absolute Gasteiger partial charge is 0.375 e. The topological polar surface area (TPSA) is 67.6 Å². The normalized spacial score (nSPS) is 10.7. The fraction of sp³-hybridized carbons (Fsp3) is 0.300. The number of aromatic nitrogens is 1. The van der Waals surface area contributed by atoms with Gasteiger partial charge in [-0.3, -0.25) is 4.79 Å². The summed E-state index contributed by atoms with van der Waals surface area (Å²) in [5.41, 5.74) is 1.84. The third-order valence-electron chi connectivity index (χ3n) is 4.00. The third kappa shape index (κ3) is 5.94. The molecule has 27 heavy (non-hydrogen) atoms. The van der Waals surface area contributed by atoms with Gasteiger partial charge in [0, 0.05) is 31.9 Å². The van der Waals surface area contributed by atoms with Gasteiger partial charge in [0.2, 0.25) is 5.91 Å². The summed E-state index contributed by atoms with van der Waals surface area (Å²) in [5, 5.41) is 8.81. The monoisotopic (exact) mass is 385 g/mol. The molecule has 0 saturated carbocycles. The molecule has 1 amide bonds. The fourth-order valence-electron chi connectivity index (χ4n) is 2.57. The molecule has 0 aliphatic heterocycles. The number of hydrogen-bond acceptors (Lipinski definition) is 6. The van der Waals surface area contributed by atoms with Crippen LogP contribution in [0.5, 0.6) is 0 Å². The molecule has 0 aliphatic carbocycles. The summed E-state index contributed by atoms with van der Waals surface area (Å²) in [6.07, 6.45) is 0.866. The zero-order valence-electron chi connectivity index (χ0n) is 15.3. The first kappa shape index (κ1) is 19.1. The SMILES string of the molecule is CN(CCCNC(=O)COCc1cc(-c2cccs2)on1)c1ccccc1. The number of nitrogens with zero attached hydrogens (tertiary/aromatic N) is 2. The van der Waals surface area contributed by atoms with Crippen molar-refractivity contribution in [2.45, 2.75) is 13.0 Å². The second-order valence-electron chi connectivity index (χ2n) is 6.11. The van der Waals surface area contributed by atoms with Crippen LogP contribution in [0.15, 0.2) is 58.4 Å². The summed E-state index contributed by atoms with van der Waals surface area (Å²) >= 11 is 1.59. The van der Waals surface area contributed by atoms with Crippen LogP contribution in [-0.4, -0.2) is 37.8 Å². The highest BCUT2D eigenvalue weighted by molar-refractivity contribution is 7.13. The van der Waals surface area contributed by atoms with E-state index in [0.717, 1.165) is 23.6 Å². The van der Waals surface area contributed by atoms with E-state index in [1.165, 1.54) is 5.69 Å². The molecule has 142 valence electrons. The number of carbonyl (C=O) groups is 1. The smallest absolute Gasteiger partial charge is 0.246 e. The lowest BCUT2D eigenvalue weighted by Gasteiger charge is -2.19. The van der Waals surface area contributed by atoms with Crippen LogP contribution >= 0.6 is 11.3 Å². The Morgan fingerprint density at radius 3 is 2.89 bits per heavy atom. The molecule has 7 heteroatoms. The van der Waals surface area contributed by atoms with Crippen molar-refractivity contribution in [3.8, 4) is 10.6 Å². The second-order valence-corrected chi connectivity index (χ2v) is 7.06. The molecule has 0 atom stereocenters. The molecular formula is C20H23N3O3S. The van der Waals surface area contributed by atoms with Crippen LogP contribution in [-0.2, 0) is 16.1 Å². The Labute approximate surface area is 162 Å². The van der Waals surface area contributed by atoms with Crippen molar-refractivity contribution < 1.29 is 14.1 Å². The minimum absolute atomic E-state index is 0.00964. The van der Waals surface area contributed by atoms with E-state index in [2.05, 4.69) is 27.5 Å². The zero-order chi connectivity index (χ0) is 18.9. The highest BCUT2D eigenvalue weighted by Gasteiger charge is 2.09. The van der Waals surface area contributed by atoms with Crippen LogP contribution in [0.25, 0.3) is 10.6 Å². The van der Waals surface area contributed by atoms with Crippen molar-refractivity contribution in [3.05, 3.63) is 59.6 Å². The van der Waals surface area contributed by atoms with Crippen molar-refractivity contribution in [1.82, 2.24) is 10.5 Å². The Kier molecular flexibility index (Phi) is 7.01. The van der Waals surface area contributed by atoms with Crippen LogP contribution in [0.2, 0.25) is 0 Å². The molecule has 0 radical (unpaired) electrons. The molecule has 0 fully saturated rings. The Morgan fingerprint density at radius 1 is 1.26 bits per heavy atom. The minimum Gasteiger partial charge on any atom is -0.375 e. The maximum atomic E-state index is 11.8. The van der Waals surface area contributed by atoms with Gasteiger partial charge >= 0.3 is 0 Å². The van der Waals surface area contributed by atoms with Gasteiger partial charge in [-0.1, -0.05) is 29.4 Å². The van der Waals surface area contributed by atoms with Gasteiger partial charge in [-0.05, 0) is 30.0 Å². The van der Waals surface area contributed by atoms with Crippen LogP contribution < -0.4 is 10.2 Å². The van der Waals surface area contributed by atoms with Crippen molar-refractivity contribution in [3.63, 3.8) is 0 Å². The number of benzene rings is 1. The number of amides is 1. The summed E-state index contributed by atoms with van der Waals surface area (Å²) in [6.45, 7) is 1.75. The summed E-state index contributed by atoms with van der Waals surface area (Å²) in [4.78, 5) is 15.0. The maximum absolute atomic E-state index is 11.8. The fourth-order valence-corrected chi connectivity index (χ4v) is 3.24. The average Bonchev–Trinajstić information content (AvgIpc) is 3.37. The predicted octanol–water partition coefficient (Wildman–Crippen LogP) is 3.56. The highest BCUT2D eigenvalue weighted by atomic mass is 32.1. The van der Waals surface area contributed by atoms with Crippen LogP contribution in [0.4, 0.5) is 5.69 Å². The van der Waals surface area contributed by atoms with E-state index < -0.39 is 0 Å². The molecule has 2 heterocycles. The van der Waals surface area contributed by atoms with E-state index in [0.29, 0.717) is 12.2 Å². The molecule has 3 aromatic rings. The van der Waals surface area contributed by atoms with Gasteiger partial charge in [-0.25, -0.2) is 0 Å². The van der Waals surface area contributed by atoms with Crippen molar-refractivity contribution in [2.75, 3.05) is 31.6 Å². The van der Waals surface area contributed by atoms with Gasteiger partial charge < -0.3 is 19.5 Å². The Bertz CT molecular complexity index is 818. The van der Waals surface area contributed by atoms with Gasteiger partial charge in [0.15, 0.2) is 5.76 Å².